The summed E-state index contributed by atoms with van der Waals surface area (Å²) in [6.07, 6.45) is 0.243. The molecule has 0 aliphatic carbocycles. The molecule has 0 saturated heterocycles. The van der Waals surface area contributed by atoms with E-state index >= 15 is 0 Å². The highest BCUT2D eigenvalue weighted by Crippen LogP contribution is 2.22. The molecule has 0 unspecified atom stereocenters. The molecule has 0 aliphatic heterocycles. The minimum Gasteiger partial charge on any atom is -0.441 e. The van der Waals surface area contributed by atoms with Crippen LogP contribution in [-0.4, -0.2) is 21.8 Å². The summed E-state index contributed by atoms with van der Waals surface area (Å²) in [6, 6.07) is 19.9. The molecular weight excluding hydrogens is 324 g/mol. The molecule has 0 atom stereocenters. The molecule has 3 aromatic rings. The number of aryl methyl sites for hydroxylation is 1. The lowest BCUT2D eigenvalue weighted by atomic mass is 10.1. The number of hydrogen-bond donors (Lipinski definition) is 0. The molecule has 26 heavy (non-hydrogen) atoms. The topological polar surface area (TPSA) is 46.3 Å². The van der Waals surface area contributed by atoms with Gasteiger partial charge in [-0.2, -0.15) is 0 Å². The van der Waals surface area contributed by atoms with Crippen molar-refractivity contribution in [3.8, 4) is 11.5 Å². The Morgan fingerprint density at radius 1 is 1.04 bits per heavy atom. The fourth-order valence-corrected chi connectivity index (χ4v) is 2.88. The van der Waals surface area contributed by atoms with Gasteiger partial charge in [-0.15, -0.1) is 0 Å². The van der Waals surface area contributed by atoms with E-state index in [0.717, 1.165) is 11.1 Å². The number of aromatic nitrogens is 1. The number of benzene rings is 2. The highest BCUT2D eigenvalue weighted by atomic mass is 16.4. The lowest BCUT2D eigenvalue weighted by molar-refractivity contribution is -0.132. The first-order valence-electron chi connectivity index (χ1n) is 8.89. The molecule has 1 amide bonds. The average molecular weight is 348 g/mol. The van der Waals surface area contributed by atoms with Gasteiger partial charge in [-0.25, -0.2) is 4.98 Å². The number of carbonyl (C=O) groups excluding carboxylic acids is 1. The Hall–Kier alpha value is -2.88. The second-order valence-corrected chi connectivity index (χ2v) is 6.67. The highest BCUT2D eigenvalue weighted by molar-refractivity contribution is 5.79. The van der Waals surface area contributed by atoms with E-state index in [1.165, 1.54) is 0 Å². The van der Waals surface area contributed by atoms with Crippen molar-refractivity contribution in [1.82, 2.24) is 9.88 Å². The number of oxazole rings is 1. The minimum atomic E-state index is 0.0554. The van der Waals surface area contributed by atoms with E-state index in [9.17, 15) is 4.79 Å². The third-order valence-electron chi connectivity index (χ3n) is 4.37. The molecule has 1 heterocycles. The lowest BCUT2D eigenvalue weighted by Gasteiger charge is -2.26. The molecular formula is C22H24N2O2. The smallest absolute Gasteiger partial charge is 0.229 e. The van der Waals surface area contributed by atoms with E-state index in [4.69, 9.17) is 4.42 Å². The van der Waals surface area contributed by atoms with Crippen molar-refractivity contribution < 1.29 is 9.21 Å². The number of rotatable bonds is 6. The molecule has 134 valence electrons. The molecule has 4 heteroatoms. The van der Waals surface area contributed by atoms with Gasteiger partial charge in [0.05, 0.1) is 12.1 Å². The van der Waals surface area contributed by atoms with Crippen LogP contribution in [0.1, 0.15) is 30.9 Å². The van der Waals surface area contributed by atoms with Crippen molar-refractivity contribution in [3.05, 3.63) is 77.7 Å². The fourth-order valence-electron chi connectivity index (χ4n) is 2.88. The van der Waals surface area contributed by atoms with E-state index in [0.29, 0.717) is 23.9 Å². The first-order chi connectivity index (χ1) is 12.5. The van der Waals surface area contributed by atoms with Gasteiger partial charge in [0.1, 0.15) is 5.76 Å². The largest absolute Gasteiger partial charge is 0.441 e. The van der Waals surface area contributed by atoms with Gasteiger partial charge in [-0.1, -0.05) is 48.5 Å². The standard InChI is InChI=1S/C22H24N2O2/c1-16(2)24(15-18-10-6-4-7-11-18)21(25)14-20-17(3)26-22(23-20)19-12-8-5-9-13-19/h4-13,16H,14-15H2,1-3H3. The molecule has 4 nitrogen and oxygen atoms in total. The highest BCUT2D eigenvalue weighted by Gasteiger charge is 2.21. The van der Waals surface area contributed by atoms with Gasteiger partial charge in [0.2, 0.25) is 11.8 Å². The summed E-state index contributed by atoms with van der Waals surface area (Å²) in [5, 5.41) is 0. The molecule has 0 bridgehead atoms. The van der Waals surface area contributed by atoms with E-state index in [2.05, 4.69) is 4.98 Å². The SMILES string of the molecule is Cc1oc(-c2ccccc2)nc1CC(=O)N(Cc1ccccc1)C(C)C. The molecule has 1 aromatic heterocycles. The molecule has 0 aliphatic rings. The summed E-state index contributed by atoms with van der Waals surface area (Å²) >= 11 is 0. The van der Waals surface area contributed by atoms with E-state index in [-0.39, 0.29) is 18.4 Å². The van der Waals surface area contributed by atoms with Gasteiger partial charge in [-0.05, 0) is 38.5 Å². The molecule has 0 spiro atoms. The summed E-state index contributed by atoms with van der Waals surface area (Å²) in [5.74, 6) is 1.31. The molecule has 3 rings (SSSR count). The van der Waals surface area contributed by atoms with Crippen molar-refractivity contribution in [2.75, 3.05) is 0 Å². The number of carbonyl (C=O) groups is 1. The first kappa shape index (κ1) is 17.9. The van der Waals surface area contributed by atoms with Gasteiger partial charge in [0.15, 0.2) is 0 Å². The van der Waals surface area contributed by atoms with Crippen LogP contribution in [0.15, 0.2) is 65.1 Å². The van der Waals surface area contributed by atoms with Crippen molar-refractivity contribution in [1.29, 1.82) is 0 Å². The third-order valence-corrected chi connectivity index (χ3v) is 4.37. The molecule has 0 radical (unpaired) electrons. The van der Waals surface area contributed by atoms with Crippen molar-refractivity contribution in [3.63, 3.8) is 0 Å². The summed E-state index contributed by atoms with van der Waals surface area (Å²) in [7, 11) is 0. The predicted octanol–water partition coefficient (Wildman–Crippen LogP) is 4.63. The van der Waals surface area contributed by atoms with Gasteiger partial charge >= 0.3 is 0 Å². The van der Waals surface area contributed by atoms with Crippen LogP contribution < -0.4 is 0 Å². The Kier molecular flexibility index (Phi) is 5.52. The Bertz CT molecular complexity index is 854. The Labute approximate surface area is 154 Å². The van der Waals surface area contributed by atoms with Crippen molar-refractivity contribution in [2.24, 2.45) is 0 Å². The van der Waals surface area contributed by atoms with Crippen LogP contribution in [-0.2, 0) is 17.8 Å². The van der Waals surface area contributed by atoms with Gasteiger partial charge in [-0.3, -0.25) is 4.79 Å². The summed E-state index contributed by atoms with van der Waals surface area (Å²) in [4.78, 5) is 19.3. The van der Waals surface area contributed by atoms with Gasteiger partial charge in [0.25, 0.3) is 0 Å². The van der Waals surface area contributed by atoms with E-state index < -0.39 is 0 Å². The fraction of sp³-hybridized carbons (Fsp3) is 0.273. The lowest BCUT2D eigenvalue weighted by Crippen LogP contribution is -2.37. The zero-order valence-corrected chi connectivity index (χ0v) is 15.5. The van der Waals surface area contributed by atoms with E-state index in [1.54, 1.807) is 0 Å². The van der Waals surface area contributed by atoms with Gasteiger partial charge in [0, 0.05) is 18.2 Å². The van der Waals surface area contributed by atoms with Crippen molar-refractivity contribution in [2.45, 2.75) is 39.8 Å². The predicted molar refractivity (Wildman–Crippen MR) is 103 cm³/mol. The Morgan fingerprint density at radius 2 is 1.65 bits per heavy atom. The molecule has 2 aromatic carbocycles. The summed E-state index contributed by atoms with van der Waals surface area (Å²) < 4.78 is 5.78. The van der Waals surface area contributed by atoms with Crippen LogP contribution in [0, 0.1) is 6.92 Å². The average Bonchev–Trinajstić information content (AvgIpc) is 3.01. The van der Waals surface area contributed by atoms with Crippen LogP contribution in [0.5, 0.6) is 0 Å². The van der Waals surface area contributed by atoms with Crippen LogP contribution in [0.25, 0.3) is 11.5 Å². The Balaban J connectivity index is 1.76. The summed E-state index contributed by atoms with van der Waals surface area (Å²) in [6.45, 7) is 6.52. The maximum Gasteiger partial charge on any atom is 0.229 e. The van der Waals surface area contributed by atoms with Crippen LogP contribution in [0.4, 0.5) is 0 Å². The Morgan fingerprint density at radius 3 is 2.27 bits per heavy atom. The van der Waals surface area contributed by atoms with Crippen LogP contribution >= 0.6 is 0 Å². The van der Waals surface area contributed by atoms with Gasteiger partial charge < -0.3 is 9.32 Å². The quantitative estimate of drug-likeness (QED) is 0.652. The first-order valence-corrected chi connectivity index (χ1v) is 8.89. The molecule has 0 saturated carbocycles. The van der Waals surface area contributed by atoms with Crippen LogP contribution in [0.3, 0.4) is 0 Å². The molecule has 0 fully saturated rings. The number of amides is 1. The maximum atomic E-state index is 12.9. The zero-order valence-electron chi connectivity index (χ0n) is 15.5. The minimum absolute atomic E-state index is 0.0554. The summed E-state index contributed by atoms with van der Waals surface area (Å²) in [5.41, 5.74) is 2.74. The zero-order chi connectivity index (χ0) is 18.5. The second-order valence-electron chi connectivity index (χ2n) is 6.67. The third kappa shape index (κ3) is 4.20. The monoisotopic (exact) mass is 348 g/mol. The van der Waals surface area contributed by atoms with Crippen molar-refractivity contribution >= 4 is 5.91 Å². The molecule has 0 N–H and O–H groups in total. The number of hydrogen-bond acceptors (Lipinski definition) is 3. The normalized spacial score (nSPS) is 10.9. The maximum absolute atomic E-state index is 12.9. The van der Waals surface area contributed by atoms with E-state index in [1.807, 2.05) is 86.3 Å². The number of nitrogens with zero attached hydrogens (tertiary/aromatic N) is 2. The van der Waals surface area contributed by atoms with Crippen LogP contribution in [0.2, 0.25) is 0 Å². The second kappa shape index (κ2) is 8.00.